The Balaban J connectivity index is 4.41. The molecule has 5 heteroatoms. The molecule has 2 amide bonds. The van der Waals surface area contributed by atoms with Crippen LogP contribution in [-0.4, -0.2) is 41.6 Å². The van der Waals surface area contributed by atoms with Crippen LogP contribution in [0.1, 0.15) is 47.5 Å². The van der Waals surface area contributed by atoms with Crippen molar-refractivity contribution in [3.63, 3.8) is 0 Å². The molecule has 19 heavy (non-hydrogen) atoms. The van der Waals surface area contributed by atoms with Crippen molar-refractivity contribution < 1.29 is 14.7 Å². The number of urea groups is 1. The smallest absolute Gasteiger partial charge is 0.317 e. The van der Waals surface area contributed by atoms with E-state index in [2.05, 4.69) is 26.1 Å². The largest absolute Gasteiger partial charge is 0.481 e. The summed E-state index contributed by atoms with van der Waals surface area (Å²) in [5.74, 6) is -1.36. The van der Waals surface area contributed by atoms with E-state index < -0.39 is 11.9 Å². The van der Waals surface area contributed by atoms with Gasteiger partial charge in [-0.15, -0.1) is 0 Å². The SMILES string of the molecule is CCCC(CNC(=O)N(C)C(C)C(C)(C)C)C(=O)O. The molecule has 0 aromatic rings. The predicted molar refractivity (Wildman–Crippen MR) is 76.1 cm³/mol. The fraction of sp³-hybridized carbons (Fsp3) is 0.857. The van der Waals surface area contributed by atoms with Gasteiger partial charge in [0.1, 0.15) is 0 Å². The first-order valence-corrected chi connectivity index (χ1v) is 6.84. The molecule has 0 fully saturated rings. The summed E-state index contributed by atoms with van der Waals surface area (Å²) in [6.07, 6.45) is 1.37. The minimum absolute atomic E-state index is 0.0122. The van der Waals surface area contributed by atoms with Gasteiger partial charge in [0, 0.05) is 19.6 Å². The number of hydrogen-bond donors (Lipinski definition) is 2. The third-order valence-corrected chi connectivity index (χ3v) is 3.64. The molecule has 0 spiro atoms. The van der Waals surface area contributed by atoms with Crippen molar-refractivity contribution in [2.75, 3.05) is 13.6 Å². The highest BCUT2D eigenvalue weighted by molar-refractivity contribution is 5.76. The number of hydrogen-bond acceptors (Lipinski definition) is 2. The Morgan fingerprint density at radius 1 is 1.32 bits per heavy atom. The molecule has 0 aliphatic carbocycles. The molecule has 0 aromatic carbocycles. The molecule has 2 N–H and O–H groups in total. The molecule has 0 aromatic heterocycles. The van der Waals surface area contributed by atoms with Crippen LogP contribution in [0.25, 0.3) is 0 Å². The van der Waals surface area contributed by atoms with Gasteiger partial charge in [0.15, 0.2) is 0 Å². The van der Waals surface area contributed by atoms with Crippen LogP contribution in [0.4, 0.5) is 4.79 Å². The second kappa shape index (κ2) is 7.36. The van der Waals surface area contributed by atoms with Crippen molar-refractivity contribution in [3.05, 3.63) is 0 Å². The Labute approximate surface area is 116 Å². The summed E-state index contributed by atoms with van der Waals surface area (Å²) in [4.78, 5) is 24.6. The van der Waals surface area contributed by atoms with Gasteiger partial charge in [-0.3, -0.25) is 4.79 Å². The van der Waals surface area contributed by atoms with E-state index in [-0.39, 0.29) is 24.0 Å². The van der Waals surface area contributed by atoms with Gasteiger partial charge in [-0.05, 0) is 18.8 Å². The van der Waals surface area contributed by atoms with Crippen molar-refractivity contribution in [1.82, 2.24) is 10.2 Å². The normalized spacial score (nSPS) is 14.6. The monoisotopic (exact) mass is 272 g/mol. The second-order valence-electron chi connectivity index (χ2n) is 6.16. The number of rotatable bonds is 6. The highest BCUT2D eigenvalue weighted by atomic mass is 16.4. The van der Waals surface area contributed by atoms with E-state index in [0.29, 0.717) is 6.42 Å². The molecule has 0 radical (unpaired) electrons. The molecule has 0 saturated heterocycles. The molecule has 0 aliphatic heterocycles. The number of nitrogens with one attached hydrogen (secondary N) is 1. The van der Waals surface area contributed by atoms with E-state index >= 15 is 0 Å². The molecule has 5 nitrogen and oxygen atoms in total. The van der Waals surface area contributed by atoms with Gasteiger partial charge >= 0.3 is 12.0 Å². The zero-order chi connectivity index (χ0) is 15.2. The van der Waals surface area contributed by atoms with E-state index in [1.807, 2.05) is 13.8 Å². The van der Waals surface area contributed by atoms with Gasteiger partial charge in [0.2, 0.25) is 0 Å². The van der Waals surface area contributed by atoms with Crippen LogP contribution in [-0.2, 0) is 4.79 Å². The zero-order valence-corrected chi connectivity index (χ0v) is 13.0. The molecule has 2 unspecified atom stereocenters. The van der Waals surface area contributed by atoms with E-state index in [0.717, 1.165) is 6.42 Å². The summed E-state index contributed by atoms with van der Waals surface area (Å²) in [5, 5.41) is 11.7. The lowest BCUT2D eigenvalue weighted by Gasteiger charge is -2.35. The van der Waals surface area contributed by atoms with Crippen LogP contribution in [0.2, 0.25) is 0 Å². The molecule has 112 valence electrons. The summed E-state index contributed by atoms with van der Waals surface area (Å²) in [5.41, 5.74) is -0.0122. The van der Waals surface area contributed by atoms with Gasteiger partial charge < -0.3 is 15.3 Å². The van der Waals surface area contributed by atoms with Crippen LogP contribution in [0, 0.1) is 11.3 Å². The fourth-order valence-electron chi connectivity index (χ4n) is 1.75. The zero-order valence-electron chi connectivity index (χ0n) is 13.0. The molecule has 0 saturated carbocycles. The standard InChI is InChI=1S/C14H28N2O3/c1-7-8-11(12(17)18)9-15-13(19)16(6)10(2)14(3,4)5/h10-11H,7-9H2,1-6H3,(H,15,19)(H,17,18). The summed E-state index contributed by atoms with van der Waals surface area (Å²) in [7, 11) is 1.74. The van der Waals surface area contributed by atoms with Crippen molar-refractivity contribution in [2.24, 2.45) is 11.3 Å². The van der Waals surface area contributed by atoms with Gasteiger partial charge in [0.05, 0.1) is 5.92 Å². The highest BCUT2D eigenvalue weighted by Gasteiger charge is 2.27. The molecule has 0 heterocycles. The molecule has 0 rings (SSSR count). The number of carbonyl (C=O) groups excluding carboxylic acids is 1. The van der Waals surface area contributed by atoms with Crippen LogP contribution >= 0.6 is 0 Å². The van der Waals surface area contributed by atoms with Gasteiger partial charge in [0.25, 0.3) is 0 Å². The maximum absolute atomic E-state index is 12.0. The van der Waals surface area contributed by atoms with Crippen LogP contribution in [0.3, 0.4) is 0 Å². The number of carboxylic acids is 1. The molecular formula is C14H28N2O3. The highest BCUT2D eigenvalue weighted by Crippen LogP contribution is 2.22. The van der Waals surface area contributed by atoms with E-state index in [1.165, 1.54) is 0 Å². The Hall–Kier alpha value is -1.26. The average molecular weight is 272 g/mol. The number of aliphatic carboxylic acids is 1. The quantitative estimate of drug-likeness (QED) is 0.780. The third-order valence-electron chi connectivity index (χ3n) is 3.64. The Morgan fingerprint density at radius 3 is 2.21 bits per heavy atom. The first-order chi connectivity index (χ1) is 8.61. The molecular weight excluding hydrogens is 244 g/mol. The van der Waals surface area contributed by atoms with Crippen molar-refractivity contribution in [3.8, 4) is 0 Å². The van der Waals surface area contributed by atoms with E-state index in [4.69, 9.17) is 5.11 Å². The summed E-state index contributed by atoms with van der Waals surface area (Å²) in [6.45, 7) is 10.3. The van der Waals surface area contributed by atoms with E-state index in [9.17, 15) is 9.59 Å². The van der Waals surface area contributed by atoms with Crippen molar-refractivity contribution in [1.29, 1.82) is 0 Å². The number of amides is 2. The fourth-order valence-corrected chi connectivity index (χ4v) is 1.75. The van der Waals surface area contributed by atoms with Crippen LogP contribution < -0.4 is 5.32 Å². The van der Waals surface area contributed by atoms with Gasteiger partial charge in [-0.25, -0.2) is 4.79 Å². The summed E-state index contributed by atoms with van der Waals surface area (Å²) < 4.78 is 0. The van der Waals surface area contributed by atoms with Gasteiger partial charge in [-0.1, -0.05) is 34.1 Å². The summed E-state index contributed by atoms with van der Waals surface area (Å²) in [6, 6.07) is -0.147. The average Bonchev–Trinajstić information content (AvgIpc) is 2.30. The second-order valence-corrected chi connectivity index (χ2v) is 6.16. The minimum atomic E-state index is -0.853. The maximum atomic E-state index is 12.0. The molecule has 0 bridgehead atoms. The lowest BCUT2D eigenvalue weighted by atomic mass is 9.87. The third kappa shape index (κ3) is 5.94. The Morgan fingerprint density at radius 2 is 1.84 bits per heavy atom. The van der Waals surface area contributed by atoms with E-state index in [1.54, 1.807) is 11.9 Å². The lowest BCUT2D eigenvalue weighted by molar-refractivity contribution is -0.141. The minimum Gasteiger partial charge on any atom is -0.481 e. The van der Waals surface area contributed by atoms with Crippen molar-refractivity contribution >= 4 is 12.0 Å². The molecule has 0 aliphatic rings. The lowest BCUT2D eigenvalue weighted by Crippen LogP contribution is -2.48. The van der Waals surface area contributed by atoms with Crippen LogP contribution in [0.15, 0.2) is 0 Å². The first-order valence-electron chi connectivity index (χ1n) is 6.84. The topological polar surface area (TPSA) is 69.6 Å². The Bertz CT molecular complexity index is 310. The number of carbonyl (C=O) groups is 2. The Kier molecular flexibility index (Phi) is 6.87. The predicted octanol–water partition coefficient (Wildman–Crippen LogP) is 2.56. The van der Waals surface area contributed by atoms with Crippen molar-refractivity contribution in [2.45, 2.75) is 53.5 Å². The summed E-state index contributed by atoms with van der Waals surface area (Å²) >= 11 is 0. The maximum Gasteiger partial charge on any atom is 0.317 e. The number of nitrogens with zero attached hydrogens (tertiary/aromatic N) is 1. The number of carboxylic acid groups (broad SMARTS) is 1. The van der Waals surface area contributed by atoms with Gasteiger partial charge in [-0.2, -0.15) is 0 Å². The van der Waals surface area contributed by atoms with Crippen LogP contribution in [0.5, 0.6) is 0 Å². The molecule has 2 atom stereocenters. The first kappa shape index (κ1) is 17.7.